The van der Waals surface area contributed by atoms with Crippen molar-refractivity contribution in [2.75, 3.05) is 64.5 Å². The van der Waals surface area contributed by atoms with Crippen LogP contribution in [0.4, 0.5) is 5.82 Å². The summed E-state index contributed by atoms with van der Waals surface area (Å²) >= 11 is 0. The Morgan fingerprint density at radius 1 is 1.00 bits per heavy atom. The molecule has 37 heavy (non-hydrogen) atoms. The van der Waals surface area contributed by atoms with Gasteiger partial charge < -0.3 is 24.2 Å². The summed E-state index contributed by atoms with van der Waals surface area (Å²) in [5.74, 6) is 1.72. The normalized spacial score (nSPS) is 14.1. The molecule has 2 aromatic carbocycles. The maximum atomic E-state index is 13.4. The lowest BCUT2D eigenvalue weighted by Crippen LogP contribution is -2.47. The van der Waals surface area contributed by atoms with E-state index in [1.54, 1.807) is 7.11 Å². The first kappa shape index (κ1) is 26.7. The molecule has 0 N–H and O–H groups in total. The lowest BCUT2D eigenvalue weighted by molar-refractivity contribution is -0.134. The van der Waals surface area contributed by atoms with Gasteiger partial charge in [-0.2, -0.15) is 5.10 Å². The van der Waals surface area contributed by atoms with Crippen LogP contribution in [-0.4, -0.2) is 85.1 Å². The number of aromatic nitrogens is 2. The molecule has 8 nitrogen and oxygen atoms in total. The fraction of sp³-hybridized carbons (Fsp3) is 0.448. The highest BCUT2D eigenvalue weighted by Gasteiger charge is 2.27. The molecule has 0 radical (unpaired) electrons. The molecule has 198 valence electrons. The predicted octanol–water partition coefficient (Wildman–Crippen LogP) is 3.77. The van der Waals surface area contributed by atoms with Gasteiger partial charge in [0.1, 0.15) is 11.6 Å². The van der Waals surface area contributed by atoms with Gasteiger partial charge in [-0.15, -0.1) is 0 Å². The van der Waals surface area contributed by atoms with Gasteiger partial charge in [-0.05, 0) is 44.2 Å². The second-order valence-corrected chi connectivity index (χ2v) is 9.32. The molecule has 0 spiro atoms. The molecule has 1 amide bonds. The standard InChI is InChI=1S/C29H39N5O3/c1-4-31-17-19-32(20-18-31)29-27(24(2)30-34(29)25-12-7-5-8-13-25)22-33(16-11-21-36-3)28(35)23-37-26-14-9-6-10-15-26/h5-10,12-15H,4,11,16-23H2,1-3H3. The van der Waals surface area contributed by atoms with E-state index in [2.05, 4.69) is 28.9 Å². The van der Waals surface area contributed by atoms with Gasteiger partial charge in [0.05, 0.1) is 17.9 Å². The molecule has 0 bridgehead atoms. The van der Waals surface area contributed by atoms with Crippen LogP contribution in [0, 0.1) is 6.92 Å². The van der Waals surface area contributed by atoms with Gasteiger partial charge in [-0.3, -0.25) is 4.79 Å². The number of para-hydroxylation sites is 2. The van der Waals surface area contributed by atoms with Crippen molar-refractivity contribution < 1.29 is 14.3 Å². The number of likely N-dealkylation sites (N-methyl/N-ethyl adjacent to an activating group) is 1. The van der Waals surface area contributed by atoms with Crippen LogP contribution < -0.4 is 9.64 Å². The number of methoxy groups -OCH3 is 1. The first-order valence-corrected chi connectivity index (χ1v) is 13.2. The van der Waals surface area contributed by atoms with E-state index in [-0.39, 0.29) is 12.5 Å². The number of nitrogens with zero attached hydrogens (tertiary/aromatic N) is 5. The lowest BCUT2D eigenvalue weighted by atomic mass is 10.1. The third-order valence-electron chi connectivity index (χ3n) is 6.86. The van der Waals surface area contributed by atoms with Crippen LogP contribution in [0.15, 0.2) is 60.7 Å². The number of carbonyl (C=O) groups is 1. The Kier molecular flexibility index (Phi) is 9.57. The summed E-state index contributed by atoms with van der Waals surface area (Å²) < 4.78 is 13.1. The SMILES string of the molecule is CCN1CCN(c2c(CN(CCCOC)C(=O)COc3ccccc3)c(C)nn2-c2ccccc2)CC1. The van der Waals surface area contributed by atoms with Gasteiger partial charge in [0.2, 0.25) is 0 Å². The van der Waals surface area contributed by atoms with E-state index < -0.39 is 0 Å². The van der Waals surface area contributed by atoms with Crippen LogP contribution in [0.3, 0.4) is 0 Å². The Morgan fingerprint density at radius 3 is 2.32 bits per heavy atom. The number of hydrogen-bond donors (Lipinski definition) is 0. The number of benzene rings is 2. The second kappa shape index (κ2) is 13.3. The Balaban J connectivity index is 1.62. The van der Waals surface area contributed by atoms with E-state index in [1.807, 2.05) is 65.0 Å². The number of amides is 1. The largest absolute Gasteiger partial charge is 0.484 e. The molecule has 1 saturated heterocycles. The van der Waals surface area contributed by atoms with Crippen molar-refractivity contribution in [1.29, 1.82) is 0 Å². The molecule has 2 heterocycles. The maximum absolute atomic E-state index is 13.4. The molecule has 4 rings (SSSR count). The van der Waals surface area contributed by atoms with Crippen molar-refractivity contribution in [3.63, 3.8) is 0 Å². The molecular weight excluding hydrogens is 466 g/mol. The summed E-state index contributed by atoms with van der Waals surface area (Å²) in [6.45, 7) is 10.8. The van der Waals surface area contributed by atoms with Gasteiger partial charge in [0.25, 0.3) is 5.91 Å². The summed E-state index contributed by atoms with van der Waals surface area (Å²) in [5.41, 5.74) is 3.04. The van der Waals surface area contributed by atoms with E-state index in [4.69, 9.17) is 14.6 Å². The van der Waals surface area contributed by atoms with Gasteiger partial charge in [0.15, 0.2) is 6.61 Å². The zero-order valence-electron chi connectivity index (χ0n) is 22.3. The van der Waals surface area contributed by atoms with Gasteiger partial charge >= 0.3 is 0 Å². The summed E-state index contributed by atoms with van der Waals surface area (Å²) in [4.78, 5) is 20.2. The van der Waals surface area contributed by atoms with Crippen LogP contribution in [-0.2, 0) is 16.1 Å². The minimum absolute atomic E-state index is 0.00657. The molecule has 1 fully saturated rings. The zero-order valence-corrected chi connectivity index (χ0v) is 22.3. The molecule has 0 aliphatic carbocycles. The molecule has 0 unspecified atom stereocenters. The van der Waals surface area contributed by atoms with Crippen molar-refractivity contribution in [1.82, 2.24) is 19.6 Å². The van der Waals surface area contributed by atoms with Crippen LogP contribution in [0.5, 0.6) is 5.75 Å². The molecule has 0 atom stereocenters. The zero-order chi connectivity index (χ0) is 26.0. The Bertz CT molecular complexity index is 1110. The van der Waals surface area contributed by atoms with E-state index in [0.717, 1.165) is 61.9 Å². The van der Waals surface area contributed by atoms with Gasteiger partial charge in [0, 0.05) is 52.0 Å². The molecular formula is C29H39N5O3. The van der Waals surface area contributed by atoms with E-state index in [9.17, 15) is 4.79 Å². The van der Waals surface area contributed by atoms with E-state index >= 15 is 0 Å². The van der Waals surface area contributed by atoms with Crippen LogP contribution in [0.25, 0.3) is 5.69 Å². The van der Waals surface area contributed by atoms with Crippen LogP contribution in [0.2, 0.25) is 0 Å². The third kappa shape index (κ3) is 6.90. The molecule has 1 aliphatic rings. The first-order chi connectivity index (χ1) is 18.1. The topological polar surface area (TPSA) is 63.1 Å². The smallest absolute Gasteiger partial charge is 0.260 e. The van der Waals surface area contributed by atoms with Crippen molar-refractivity contribution in [3.8, 4) is 11.4 Å². The molecule has 1 aliphatic heterocycles. The summed E-state index contributed by atoms with van der Waals surface area (Å²) in [6.07, 6.45) is 0.754. The molecule has 3 aromatic rings. The van der Waals surface area contributed by atoms with Crippen molar-refractivity contribution in [2.24, 2.45) is 0 Å². The number of hydrogen-bond acceptors (Lipinski definition) is 6. The fourth-order valence-corrected chi connectivity index (χ4v) is 4.72. The van der Waals surface area contributed by atoms with Gasteiger partial charge in [-0.25, -0.2) is 4.68 Å². The van der Waals surface area contributed by atoms with Crippen LogP contribution >= 0.6 is 0 Å². The summed E-state index contributed by atoms with van der Waals surface area (Å²) in [5, 5.41) is 4.97. The number of ether oxygens (including phenoxy) is 2. The Labute approximate surface area is 220 Å². The minimum atomic E-state index is -0.0476. The van der Waals surface area contributed by atoms with Crippen molar-refractivity contribution >= 4 is 11.7 Å². The summed E-state index contributed by atoms with van der Waals surface area (Å²) in [7, 11) is 1.69. The van der Waals surface area contributed by atoms with Gasteiger partial charge in [-0.1, -0.05) is 43.3 Å². The monoisotopic (exact) mass is 505 g/mol. The second-order valence-electron chi connectivity index (χ2n) is 9.32. The third-order valence-corrected chi connectivity index (χ3v) is 6.86. The first-order valence-electron chi connectivity index (χ1n) is 13.2. The number of rotatable bonds is 12. The number of carbonyl (C=O) groups excluding carboxylic acids is 1. The molecule has 8 heteroatoms. The fourth-order valence-electron chi connectivity index (χ4n) is 4.72. The highest BCUT2D eigenvalue weighted by Crippen LogP contribution is 2.30. The number of anilines is 1. The van der Waals surface area contributed by atoms with E-state index in [0.29, 0.717) is 25.4 Å². The van der Waals surface area contributed by atoms with E-state index in [1.165, 1.54) is 0 Å². The maximum Gasteiger partial charge on any atom is 0.260 e. The Morgan fingerprint density at radius 2 is 1.68 bits per heavy atom. The summed E-state index contributed by atoms with van der Waals surface area (Å²) in [6, 6.07) is 19.7. The minimum Gasteiger partial charge on any atom is -0.484 e. The lowest BCUT2D eigenvalue weighted by Gasteiger charge is -2.36. The molecule has 1 aromatic heterocycles. The predicted molar refractivity (Wildman–Crippen MR) is 146 cm³/mol. The highest BCUT2D eigenvalue weighted by molar-refractivity contribution is 5.78. The average Bonchev–Trinajstić information content (AvgIpc) is 3.27. The quantitative estimate of drug-likeness (QED) is 0.349. The average molecular weight is 506 g/mol. The van der Waals surface area contributed by atoms with Crippen molar-refractivity contribution in [3.05, 3.63) is 71.9 Å². The Hall–Kier alpha value is -3.36. The van der Waals surface area contributed by atoms with Crippen LogP contribution in [0.1, 0.15) is 24.6 Å². The highest BCUT2D eigenvalue weighted by atomic mass is 16.5. The number of aryl methyl sites for hydroxylation is 1. The number of piperazine rings is 1. The molecule has 0 saturated carbocycles. The van der Waals surface area contributed by atoms with Crippen molar-refractivity contribution in [2.45, 2.75) is 26.8 Å².